The fourth-order valence-corrected chi connectivity index (χ4v) is 2.92. The molecule has 0 saturated heterocycles. The van der Waals surface area contributed by atoms with Crippen molar-refractivity contribution >= 4 is 11.7 Å². The number of anilines is 1. The van der Waals surface area contributed by atoms with Crippen LogP contribution in [-0.2, 0) is 0 Å². The second-order valence-corrected chi connectivity index (χ2v) is 5.08. The first kappa shape index (κ1) is 12.9. The molecule has 0 aliphatic heterocycles. The summed E-state index contributed by atoms with van der Waals surface area (Å²) in [5, 5.41) is 12.5. The van der Waals surface area contributed by atoms with Gasteiger partial charge in [0, 0.05) is 12.2 Å². The Kier molecular flexibility index (Phi) is 3.84. The molecule has 98 valence electrons. The van der Waals surface area contributed by atoms with Gasteiger partial charge in [-0.2, -0.15) is 0 Å². The van der Waals surface area contributed by atoms with Crippen LogP contribution >= 0.6 is 0 Å². The molecule has 1 heterocycles. The van der Waals surface area contributed by atoms with E-state index in [4.69, 9.17) is 5.11 Å². The van der Waals surface area contributed by atoms with Gasteiger partial charge in [-0.15, -0.1) is 0 Å². The molecule has 1 aliphatic carbocycles. The molecule has 4 heteroatoms. The molecule has 1 fully saturated rings. The maximum atomic E-state index is 11.1. The van der Waals surface area contributed by atoms with Crippen molar-refractivity contribution in [3.63, 3.8) is 0 Å². The molecule has 1 saturated carbocycles. The first-order chi connectivity index (χ1) is 8.63. The summed E-state index contributed by atoms with van der Waals surface area (Å²) >= 11 is 0. The Morgan fingerprint density at radius 1 is 1.56 bits per heavy atom. The molecule has 1 aromatic rings. The molecule has 1 aliphatic rings. The van der Waals surface area contributed by atoms with Gasteiger partial charge in [-0.1, -0.05) is 20.3 Å². The number of rotatable bonds is 4. The number of carbonyl (C=O) groups is 1. The second-order valence-electron chi connectivity index (χ2n) is 5.08. The third-order valence-corrected chi connectivity index (χ3v) is 4.14. The summed E-state index contributed by atoms with van der Waals surface area (Å²) in [4.78, 5) is 15.1. The van der Waals surface area contributed by atoms with Crippen LogP contribution in [0.3, 0.4) is 0 Å². The second kappa shape index (κ2) is 5.38. The Bertz CT molecular complexity index is 434. The van der Waals surface area contributed by atoms with Crippen LogP contribution in [0.5, 0.6) is 0 Å². The van der Waals surface area contributed by atoms with Crippen LogP contribution in [-0.4, -0.2) is 22.1 Å². The SMILES string of the molecule is CCC1CCC(Nc2cnccc2C(=O)O)C1C. The third-order valence-electron chi connectivity index (χ3n) is 4.14. The molecule has 2 N–H and O–H groups in total. The van der Waals surface area contributed by atoms with Crippen molar-refractivity contribution in [2.45, 2.75) is 39.2 Å². The minimum Gasteiger partial charge on any atom is -0.478 e. The van der Waals surface area contributed by atoms with Crippen molar-refractivity contribution in [3.05, 3.63) is 24.0 Å². The van der Waals surface area contributed by atoms with Crippen molar-refractivity contribution in [3.8, 4) is 0 Å². The predicted octanol–water partition coefficient (Wildman–Crippen LogP) is 3.02. The number of nitrogens with one attached hydrogen (secondary N) is 1. The summed E-state index contributed by atoms with van der Waals surface area (Å²) in [7, 11) is 0. The number of carboxylic acid groups (broad SMARTS) is 1. The number of aromatic carboxylic acids is 1. The van der Waals surface area contributed by atoms with Crippen LogP contribution in [0.4, 0.5) is 5.69 Å². The Labute approximate surface area is 107 Å². The molecule has 0 aromatic carbocycles. The molecule has 2 rings (SSSR count). The molecule has 1 aromatic heterocycles. The number of pyridine rings is 1. The Hall–Kier alpha value is -1.58. The molecule has 0 bridgehead atoms. The van der Waals surface area contributed by atoms with Crippen molar-refractivity contribution in [1.82, 2.24) is 4.98 Å². The zero-order valence-corrected chi connectivity index (χ0v) is 10.9. The van der Waals surface area contributed by atoms with Gasteiger partial charge in [0.25, 0.3) is 0 Å². The van der Waals surface area contributed by atoms with Crippen LogP contribution in [0.2, 0.25) is 0 Å². The Morgan fingerprint density at radius 2 is 2.33 bits per heavy atom. The number of hydrogen-bond donors (Lipinski definition) is 2. The average molecular weight is 248 g/mol. The van der Waals surface area contributed by atoms with Crippen LogP contribution in [0, 0.1) is 11.8 Å². The van der Waals surface area contributed by atoms with Gasteiger partial charge in [0.15, 0.2) is 0 Å². The lowest BCUT2D eigenvalue weighted by Gasteiger charge is -2.22. The van der Waals surface area contributed by atoms with E-state index in [1.807, 2.05) is 0 Å². The Balaban J connectivity index is 2.13. The maximum absolute atomic E-state index is 11.1. The maximum Gasteiger partial charge on any atom is 0.337 e. The molecule has 3 unspecified atom stereocenters. The zero-order valence-electron chi connectivity index (χ0n) is 10.9. The summed E-state index contributed by atoms with van der Waals surface area (Å²) in [6.07, 6.45) is 6.64. The van der Waals surface area contributed by atoms with Crippen molar-refractivity contribution in [2.75, 3.05) is 5.32 Å². The van der Waals surface area contributed by atoms with E-state index < -0.39 is 5.97 Å². The number of aromatic nitrogens is 1. The summed E-state index contributed by atoms with van der Waals surface area (Å²) in [6.45, 7) is 4.46. The van der Waals surface area contributed by atoms with Gasteiger partial charge < -0.3 is 10.4 Å². The van der Waals surface area contributed by atoms with E-state index in [1.165, 1.54) is 19.0 Å². The Morgan fingerprint density at radius 3 is 2.94 bits per heavy atom. The standard InChI is InChI=1S/C14H20N2O2/c1-3-10-4-5-12(9(10)2)16-13-8-15-7-6-11(13)14(17)18/h6-10,12,16H,3-5H2,1-2H3,(H,17,18). The third kappa shape index (κ3) is 2.47. The highest BCUT2D eigenvalue weighted by Gasteiger charge is 2.31. The van der Waals surface area contributed by atoms with Gasteiger partial charge in [0.2, 0.25) is 0 Å². The highest BCUT2D eigenvalue weighted by Crippen LogP contribution is 2.35. The minimum atomic E-state index is -0.905. The smallest absolute Gasteiger partial charge is 0.337 e. The monoisotopic (exact) mass is 248 g/mol. The molecular weight excluding hydrogens is 228 g/mol. The van der Waals surface area contributed by atoms with E-state index in [-0.39, 0.29) is 0 Å². The van der Waals surface area contributed by atoms with Crippen LogP contribution in [0.1, 0.15) is 43.5 Å². The molecule has 3 atom stereocenters. The lowest BCUT2D eigenvalue weighted by atomic mass is 9.93. The summed E-state index contributed by atoms with van der Waals surface area (Å²) in [5.74, 6) is 0.418. The van der Waals surface area contributed by atoms with E-state index in [0.717, 1.165) is 12.3 Å². The molecule has 0 radical (unpaired) electrons. The number of hydrogen-bond acceptors (Lipinski definition) is 3. The van der Waals surface area contributed by atoms with E-state index >= 15 is 0 Å². The van der Waals surface area contributed by atoms with Crippen molar-refractivity contribution < 1.29 is 9.90 Å². The van der Waals surface area contributed by atoms with E-state index in [2.05, 4.69) is 24.1 Å². The quantitative estimate of drug-likeness (QED) is 0.859. The summed E-state index contributed by atoms with van der Waals surface area (Å²) < 4.78 is 0. The lowest BCUT2D eigenvalue weighted by Crippen LogP contribution is -2.25. The predicted molar refractivity (Wildman–Crippen MR) is 70.8 cm³/mol. The van der Waals surface area contributed by atoms with Gasteiger partial charge in [-0.25, -0.2) is 4.79 Å². The number of carboxylic acids is 1. The van der Waals surface area contributed by atoms with Crippen LogP contribution in [0.25, 0.3) is 0 Å². The van der Waals surface area contributed by atoms with Crippen molar-refractivity contribution in [2.24, 2.45) is 11.8 Å². The number of nitrogens with zero attached hydrogens (tertiary/aromatic N) is 1. The normalized spacial score (nSPS) is 27.1. The van der Waals surface area contributed by atoms with Crippen molar-refractivity contribution in [1.29, 1.82) is 0 Å². The highest BCUT2D eigenvalue weighted by molar-refractivity contribution is 5.93. The fraction of sp³-hybridized carbons (Fsp3) is 0.571. The van der Waals surface area contributed by atoms with E-state index in [1.54, 1.807) is 12.3 Å². The van der Waals surface area contributed by atoms with Gasteiger partial charge in [0.1, 0.15) is 0 Å². The van der Waals surface area contributed by atoms with Gasteiger partial charge in [-0.05, 0) is 30.7 Å². The lowest BCUT2D eigenvalue weighted by molar-refractivity contribution is 0.0697. The van der Waals surface area contributed by atoms with E-state index in [0.29, 0.717) is 23.2 Å². The molecule has 0 spiro atoms. The van der Waals surface area contributed by atoms with Gasteiger partial charge in [0.05, 0.1) is 17.4 Å². The average Bonchev–Trinajstić information content (AvgIpc) is 2.71. The summed E-state index contributed by atoms with van der Waals surface area (Å²) in [6, 6.07) is 1.90. The minimum absolute atomic E-state index is 0.303. The molecule has 18 heavy (non-hydrogen) atoms. The van der Waals surface area contributed by atoms with Crippen LogP contribution in [0.15, 0.2) is 18.5 Å². The van der Waals surface area contributed by atoms with Gasteiger partial charge >= 0.3 is 5.97 Å². The molecular formula is C14H20N2O2. The van der Waals surface area contributed by atoms with Crippen LogP contribution < -0.4 is 5.32 Å². The highest BCUT2D eigenvalue weighted by atomic mass is 16.4. The van der Waals surface area contributed by atoms with Gasteiger partial charge in [-0.3, -0.25) is 4.98 Å². The molecule has 0 amide bonds. The summed E-state index contributed by atoms with van der Waals surface area (Å²) in [5.41, 5.74) is 0.941. The topological polar surface area (TPSA) is 62.2 Å². The zero-order chi connectivity index (χ0) is 13.1. The van der Waals surface area contributed by atoms with E-state index in [9.17, 15) is 4.79 Å². The largest absolute Gasteiger partial charge is 0.478 e. The fourth-order valence-electron chi connectivity index (χ4n) is 2.92. The molecule has 4 nitrogen and oxygen atoms in total. The first-order valence-electron chi connectivity index (χ1n) is 6.57. The first-order valence-corrected chi connectivity index (χ1v) is 6.57.